The summed E-state index contributed by atoms with van der Waals surface area (Å²) in [5, 5.41) is 5.29. The maximum absolute atomic E-state index is 3.17. The lowest BCUT2D eigenvalue weighted by Crippen LogP contribution is -1.86. The van der Waals surface area contributed by atoms with Crippen LogP contribution in [0.4, 0.5) is 0 Å². The number of hydrogen-bond acceptors (Lipinski definition) is 1. The standard InChI is InChI=1S/C22H16S/c1-4-10-19(11-5-1)16-17-23-18-22(20-12-6-2-7-13-20)21-14-8-3-9-15-21/h1-15,18H. The Hall–Kier alpha value is -2.69. The zero-order valence-electron chi connectivity index (χ0n) is 12.6. The van der Waals surface area contributed by atoms with Crippen LogP contribution in [0.3, 0.4) is 0 Å². The highest BCUT2D eigenvalue weighted by Gasteiger charge is 2.03. The summed E-state index contributed by atoms with van der Waals surface area (Å²) >= 11 is 1.52. The Bertz CT molecular complexity index is 781. The van der Waals surface area contributed by atoms with E-state index < -0.39 is 0 Å². The third-order valence-electron chi connectivity index (χ3n) is 3.37. The smallest absolute Gasteiger partial charge is 0.0254 e. The van der Waals surface area contributed by atoms with Crippen molar-refractivity contribution in [3.05, 3.63) is 113 Å². The lowest BCUT2D eigenvalue weighted by atomic mass is 10.00. The van der Waals surface area contributed by atoms with Gasteiger partial charge in [0.05, 0.1) is 0 Å². The fourth-order valence-corrected chi connectivity index (χ4v) is 2.86. The van der Waals surface area contributed by atoms with Crippen molar-refractivity contribution in [2.24, 2.45) is 0 Å². The van der Waals surface area contributed by atoms with Gasteiger partial charge in [-0.1, -0.05) is 84.8 Å². The minimum atomic E-state index is 1.04. The topological polar surface area (TPSA) is 0 Å². The molecule has 0 aliphatic carbocycles. The molecule has 0 fully saturated rings. The normalized spacial score (nSPS) is 9.57. The van der Waals surface area contributed by atoms with Crippen LogP contribution in [0.15, 0.2) is 96.4 Å². The second kappa shape index (κ2) is 8.08. The van der Waals surface area contributed by atoms with Gasteiger partial charge in [0.1, 0.15) is 0 Å². The van der Waals surface area contributed by atoms with Crippen LogP contribution in [-0.4, -0.2) is 0 Å². The third kappa shape index (κ3) is 4.39. The predicted molar refractivity (Wildman–Crippen MR) is 101 cm³/mol. The fourth-order valence-electron chi connectivity index (χ4n) is 2.24. The van der Waals surface area contributed by atoms with Crippen molar-refractivity contribution in [2.45, 2.75) is 0 Å². The number of benzene rings is 3. The molecule has 0 nitrogen and oxygen atoms in total. The van der Waals surface area contributed by atoms with E-state index in [-0.39, 0.29) is 0 Å². The van der Waals surface area contributed by atoms with E-state index in [1.165, 1.54) is 28.5 Å². The largest absolute Gasteiger partial charge is 0.0622 e. The molecular weight excluding hydrogens is 296 g/mol. The molecule has 0 unspecified atom stereocenters. The second-order valence-electron chi connectivity index (χ2n) is 4.97. The molecule has 0 spiro atoms. The third-order valence-corrected chi connectivity index (χ3v) is 3.95. The zero-order chi connectivity index (χ0) is 15.7. The van der Waals surface area contributed by atoms with E-state index in [1.807, 2.05) is 42.5 Å². The van der Waals surface area contributed by atoms with Gasteiger partial charge in [-0.3, -0.25) is 0 Å². The summed E-state index contributed by atoms with van der Waals surface area (Å²) in [6.45, 7) is 0. The summed E-state index contributed by atoms with van der Waals surface area (Å²) in [5.41, 5.74) is 4.63. The van der Waals surface area contributed by atoms with E-state index in [0.717, 1.165) is 5.56 Å². The van der Waals surface area contributed by atoms with Crippen molar-refractivity contribution in [3.63, 3.8) is 0 Å². The lowest BCUT2D eigenvalue weighted by Gasteiger charge is -2.07. The Morgan fingerprint density at radius 1 is 0.652 bits per heavy atom. The van der Waals surface area contributed by atoms with Crippen molar-refractivity contribution in [3.8, 4) is 11.2 Å². The van der Waals surface area contributed by atoms with E-state index in [1.54, 1.807) is 0 Å². The molecule has 0 amide bonds. The first-order chi connectivity index (χ1) is 11.4. The molecule has 0 bridgehead atoms. The van der Waals surface area contributed by atoms with Gasteiger partial charge in [-0.15, -0.1) is 0 Å². The van der Waals surface area contributed by atoms with E-state index in [0.29, 0.717) is 0 Å². The average Bonchev–Trinajstić information content (AvgIpc) is 2.64. The number of hydrogen-bond donors (Lipinski definition) is 0. The molecule has 0 heterocycles. The molecule has 23 heavy (non-hydrogen) atoms. The first-order valence-corrected chi connectivity index (χ1v) is 8.34. The molecule has 0 atom stereocenters. The quantitative estimate of drug-likeness (QED) is 0.549. The van der Waals surface area contributed by atoms with Crippen molar-refractivity contribution >= 4 is 17.3 Å². The Balaban J connectivity index is 1.86. The molecule has 0 aliphatic rings. The van der Waals surface area contributed by atoms with Gasteiger partial charge in [-0.05, 0) is 51.3 Å². The van der Waals surface area contributed by atoms with Crippen LogP contribution >= 0.6 is 11.8 Å². The maximum atomic E-state index is 3.17. The van der Waals surface area contributed by atoms with Gasteiger partial charge >= 0.3 is 0 Å². The van der Waals surface area contributed by atoms with E-state index in [2.05, 4.69) is 65.1 Å². The summed E-state index contributed by atoms with van der Waals surface area (Å²) in [6, 6.07) is 30.9. The van der Waals surface area contributed by atoms with Gasteiger partial charge in [0, 0.05) is 5.56 Å². The van der Waals surface area contributed by atoms with Crippen molar-refractivity contribution in [2.75, 3.05) is 0 Å². The first kappa shape index (κ1) is 15.2. The summed E-state index contributed by atoms with van der Waals surface area (Å²) in [5.74, 6) is 3.17. The molecule has 0 aromatic heterocycles. The zero-order valence-corrected chi connectivity index (χ0v) is 13.5. The number of thioether (sulfide) groups is 1. The predicted octanol–water partition coefficient (Wildman–Crippen LogP) is 5.82. The van der Waals surface area contributed by atoms with Crippen LogP contribution in [-0.2, 0) is 0 Å². The Labute approximate surface area is 141 Å². The van der Waals surface area contributed by atoms with Gasteiger partial charge in [-0.25, -0.2) is 0 Å². The van der Waals surface area contributed by atoms with Crippen LogP contribution in [0.25, 0.3) is 5.57 Å². The molecule has 1 heteroatoms. The molecule has 3 aromatic carbocycles. The summed E-state index contributed by atoms with van der Waals surface area (Å²) in [7, 11) is 0. The molecule has 0 N–H and O–H groups in total. The van der Waals surface area contributed by atoms with Crippen LogP contribution in [0.2, 0.25) is 0 Å². The van der Waals surface area contributed by atoms with E-state index in [9.17, 15) is 0 Å². The first-order valence-electron chi connectivity index (χ1n) is 7.46. The second-order valence-corrected chi connectivity index (χ2v) is 5.65. The molecule has 0 saturated heterocycles. The van der Waals surface area contributed by atoms with Gasteiger partial charge in [0.15, 0.2) is 0 Å². The molecule has 110 valence electrons. The molecule has 3 aromatic rings. The summed E-state index contributed by atoms with van der Waals surface area (Å²) in [6.07, 6.45) is 0. The van der Waals surface area contributed by atoms with Crippen LogP contribution in [0.5, 0.6) is 0 Å². The highest BCUT2D eigenvalue weighted by Crippen LogP contribution is 2.25. The average molecular weight is 312 g/mol. The Morgan fingerprint density at radius 2 is 1.13 bits per heavy atom. The fraction of sp³-hybridized carbons (Fsp3) is 0. The van der Waals surface area contributed by atoms with Crippen LogP contribution in [0, 0.1) is 11.2 Å². The van der Waals surface area contributed by atoms with E-state index >= 15 is 0 Å². The van der Waals surface area contributed by atoms with Gasteiger partial charge in [0.25, 0.3) is 0 Å². The van der Waals surface area contributed by atoms with Crippen molar-refractivity contribution in [1.82, 2.24) is 0 Å². The molecular formula is C22H16S. The van der Waals surface area contributed by atoms with Gasteiger partial charge < -0.3 is 0 Å². The SMILES string of the molecule is C(#Cc1ccccc1)SC=C(c1ccccc1)c1ccccc1. The molecule has 0 saturated carbocycles. The number of rotatable bonds is 3. The highest BCUT2D eigenvalue weighted by molar-refractivity contribution is 8.06. The lowest BCUT2D eigenvalue weighted by molar-refractivity contribution is 1.55. The molecule has 0 radical (unpaired) electrons. The maximum Gasteiger partial charge on any atom is 0.0254 e. The minimum absolute atomic E-state index is 1.04. The highest BCUT2D eigenvalue weighted by atomic mass is 32.2. The van der Waals surface area contributed by atoms with Gasteiger partial charge in [0.2, 0.25) is 0 Å². The van der Waals surface area contributed by atoms with Gasteiger partial charge in [-0.2, -0.15) is 0 Å². The Morgan fingerprint density at radius 3 is 1.65 bits per heavy atom. The van der Waals surface area contributed by atoms with Crippen LogP contribution < -0.4 is 0 Å². The van der Waals surface area contributed by atoms with Crippen molar-refractivity contribution < 1.29 is 0 Å². The summed E-state index contributed by atoms with van der Waals surface area (Å²) in [4.78, 5) is 0. The van der Waals surface area contributed by atoms with Crippen molar-refractivity contribution in [1.29, 1.82) is 0 Å². The summed E-state index contributed by atoms with van der Waals surface area (Å²) < 4.78 is 0. The Kier molecular flexibility index (Phi) is 5.34. The molecule has 0 aliphatic heterocycles. The molecule has 3 rings (SSSR count). The monoisotopic (exact) mass is 312 g/mol. The van der Waals surface area contributed by atoms with Crippen LogP contribution in [0.1, 0.15) is 16.7 Å². The van der Waals surface area contributed by atoms with E-state index in [4.69, 9.17) is 0 Å². The minimum Gasteiger partial charge on any atom is -0.0622 e.